The molecule has 30 heavy (non-hydrogen) atoms. The monoisotopic (exact) mass is 460 g/mol. The van der Waals surface area contributed by atoms with E-state index in [0.29, 0.717) is 38.3 Å². The van der Waals surface area contributed by atoms with Gasteiger partial charge in [-0.05, 0) is 37.3 Å². The maximum atomic E-state index is 12.3. The average molecular weight is 461 g/mol. The number of halogens is 2. The number of hydrogen-bond acceptors (Lipinski definition) is 7. The number of aromatic nitrogens is 5. The third-order valence-corrected chi connectivity index (χ3v) is 5.61. The topological polar surface area (TPSA) is 98.7 Å². The van der Waals surface area contributed by atoms with E-state index in [9.17, 15) is 4.79 Å². The highest BCUT2D eigenvalue weighted by Gasteiger charge is 2.18. The van der Waals surface area contributed by atoms with Crippen molar-refractivity contribution < 1.29 is 9.32 Å². The van der Waals surface area contributed by atoms with Crippen molar-refractivity contribution in [1.29, 1.82) is 0 Å². The molecule has 0 saturated heterocycles. The Balaban J connectivity index is 1.63. The van der Waals surface area contributed by atoms with Gasteiger partial charge in [-0.15, -0.1) is 10.2 Å². The first-order valence-corrected chi connectivity index (χ1v) is 10.4. The van der Waals surface area contributed by atoms with Crippen LogP contribution in [0.1, 0.15) is 5.76 Å². The summed E-state index contributed by atoms with van der Waals surface area (Å²) in [6.07, 6.45) is 3.36. The molecule has 8 nitrogen and oxygen atoms in total. The van der Waals surface area contributed by atoms with Crippen LogP contribution in [0, 0.1) is 6.92 Å². The number of thioether (sulfide) groups is 1. The van der Waals surface area contributed by atoms with Crippen LogP contribution in [-0.4, -0.2) is 36.6 Å². The van der Waals surface area contributed by atoms with Gasteiger partial charge in [-0.2, -0.15) is 0 Å². The number of pyridine rings is 1. The molecule has 0 aliphatic carbocycles. The van der Waals surface area contributed by atoms with Crippen molar-refractivity contribution in [2.75, 3.05) is 11.1 Å². The van der Waals surface area contributed by atoms with Gasteiger partial charge < -0.3 is 9.84 Å². The number of rotatable bonds is 6. The maximum absolute atomic E-state index is 12.3. The van der Waals surface area contributed by atoms with E-state index in [0.717, 1.165) is 5.56 Å². The first-order chi connectivity index (χ1) is 14.5. The quantitative estimate of drug-likeness (QED) is 0.417. The van der Waals surface area contributed by atoms with Gasteiger partial charge in [-0.1, -0.05) is 40.1 Å². The van der Waals surface area contributed by atoms with Gasteiger partial charge in [0.1, 0.15) is 5.76 Å². The number of carbonyl (C=O) groups is 1. The zero-order valence-corrected chi connectivity index (χ0v) is 17.9. The molecule has 4 aromatic rings. The molecule has 0 unspecified atom stereocenters. The molecule has 0 bridgehead atoms. The number of carbonyl (C=O) groups excluding carboxylic acids is 1. The second-order valence-electron chi connectivity index (χ2n) is 6.14. The van der Waals surface area contributed by atoms with E-state index in [4.69, 9.17) is 27.7 Å². The summed E-state index contributed by atoms with van der Waals surface area (Å²) in [5.41, 5.74) is 1.48. The van der Waals surface area contributed by atoms with Crippen LogP contribution in [0.5, 0.6) is 0 Å². The van der Waals surface area contributed by atoms with Crippen LogP contribution in [0.2, 0.25) is 10.0 Å². The average Bonchev–Trinajstić information content (AvgIpc) is 3.35. The van der Waals surface area contributed by atoms with Crippen molar-refractivity contribution in [3.63, 3.8) is 0 Å². The second-order valence-corrected chi connectivity index (χ2v) is 7.90. The number of nitrogens with one attached hydrogen (secondary N) is 1. The molecule has 4 rings (SSSR count). The Labute approximate surface area is 185 Å². The highest BCUT2D eigenvalue weighted by molar-refractivity contribution is 7.99. The molecule has 1 N–H and O–H groups in total. The van der Waals surface area contributed by atoms with Crippen molar-refractivity contribution in [2.45, 2.75) is 12.1 Å². The number of anilines is 1. The molecule has 152 valence electrons. The van der Waals surface area contributed by atoms with Gasteiger partial charge >= 0.3 is 0 Å². The van der Waals surface area contributed by atoms with Gasteiger partial charge in [-0.25, -0.2) is 0 Å². The van der Waals surface area contributed by atoms with Crippen LogP contribution in [-0.2, 0) is 4.79 Å². The molecular weight excluding hydrogens is 447 g/mol. The summed E-state index contributed by atoms with van der Waals surface area (Å²) in [6.45, 7) is 1.75. The lowest BCUT2D eigenvalue weighted by molar-refractivity contribution is -0.113. The molecule has 0 atom stereocenters. The van der Waals surface area contributed by atoms with Gasteiger partial charge in [0.25, 0.3) is 0 Å². The van der Waals surface area contributed by atoms with Crippen molar-refractivity contribution in [2.24, 2.45) is 0 Å². The van der Waals surface area contributed by atoms with Gasteiger partial charge in [0.15, 0.2) is 16.8 Å². The predicted octanol–water partition coefficient (Wildman–Crippen LogP) is 4.66. The Hall–Kier alpha value is -2.88. The van der Waals surface area contributed by atoms with Crippen LogP contribution in [0.25, 0.3) is 17.1 Å². The van der Waals surface area contributed by atoms with Gasteiger partial charge in [0, 0.05) is 24.0 Å². The summed E-state index contributed by atoms with van der Waals surface area (Å²) < 4.78 is 6.75. The maximum Gasteiger partial charge on any atom is 0.236 e. The number of benzene rings is 1. The van der Waals surface area contributed by atoms with Crippen LogP contribution in [0.3, 0.4) is 0 Å². The lowest BCUT2D eigenvalue weighted by Gasteiger charge is -2.11. The Kier molecular flexibility index (Phi) is 6.03. The molecule has 0 aliphatic rings. The summed E-state index contributed by atoms with van der Waals surface area (Å²) in [5, 5.41) is 16.3. The summed E-state index contributed by atoms with van der Waals surface area (Å²) in [4.78, 5) is 16.4. The highest BCUT2D eigenvalue weighted by atomic mass is 35.5. The molecule has 0 spiro atoms. The summed E-state index contributed by atoms with van der Waals surface area (Å²) in [5.74, 6) is 1.38. The molecule has 11 heteroatoms. The molecule has 1 amide bonds. The smallest absolute Gasteiger partial charge is 0.236 e. The van der Waals surface area contributed by atoms with Crippen LogP contribution in [0.15, 0.2) is 58.5 Å². The fourth-order valence-corrected chi connectivity index (χ4v) is 3.68. The Morgan fingerprint density at radius 2 is 2.07 bits per heavy atom. The number of nitrogens with zero attached hydrogens (tertiary/aromatic N) is 5. The zero-order chi connectivity index (χ0) is 21.1. The summed E-state index contributed by atoms with van der Waals surface area (Å²) in [6, 6.07) is 10.5. The zero-order valence-electron chi connectivity index (χ0n) is 15.5. The molecule has 0 saturated carbocycles. The number of aryl methyl sites for hydroxylation is 1. The lowest BCUT2D eigenvalue weighted by atomic mass is 10.2. The normalized spacial score (nSPS) is 10.9. The van der Waals surface area contributed by atoms with Crippen molar-refractivity contribution in [1.82, 2.24) is 24.9 Å². The van der Waals surface area contributed by atoms with E-state index in [-0.39, 0.29) is 11.7 Å². The molecule has 0 fully saturated rings. The largest absolute Gasteiger partial charge is 0.360 e. The SMILES string of the molecule is Cc1cc(NC(=O)CSc2nnc(-c3cccnc3)n2-c2ccc(Cl)c(Cl)c2)no1. The lowest BCUT2D eigenvalue weighted by Crippen LogP contribution is -2.14. The summed E-state index contributed by atoms with van der Waals surface area (Å²) in [7, 11) is 0. The number of hydrogen-bond donors (Lipinski definition) is 1. The molecule has 3 heterocycles. The summed E-state index contributed by atoms with van der Waals surface area (Å²) >= 11 is 13.5. The Bertz CT molecular complexity index is 1190. The molecule has 3 aromatic heterocycles. The molecular formula is C19H14Cl2N6O2S. The van der Waals surface area contributed by atoms with Crippen molar-refractivity contribution in [3.05, 3.63) is 64.6 Å². The van der Waals surface area contributed by atoms with E-state index in [1.165, 1.54) is 11.8 Å². The van der Waals surface area contributed by atoms with Crippen molar-refractivity contribution >= 4 is 46.7 Å². The molecule has 1 aromatic carbocycles. The Morgan fingerprint density at radius 1 is 1.20 bits per heavy atom. The standard InChI is InChI=1S/C19H14Cl2N6O2S/c1-11-7-16(26-29-11)23-17(28)10-30-19-25-24-18(12-3-2-6-22-9-12)27(19)13-4-5-14(20)15(21)8-13/h2-9H,10H2,1H3,(H,23,26,28). The van der Waals surface area contributed by atoms with Crippen LogP contribution >= 0.6 is 35.0 Å². The minimum Gasteiger partial charge on any atom is -0.360 e. The van der Waals surface area contributed by atoms with Crippen LogP contribution in [0.4, 0.5) is 5.82 Å². The minimum absolute atomic E-state index is 0.0956. The molecule has 0 aliphatic heterocycles. The Morgan fingerprint density at radius 3 is 2.77 bits per heavy atom. The first-order valence-electron chi connectivity index (χ1n) is 8.68. The third kappa shape index (κ3) is 4.48. The first kappa shape index (κ1) is 20.4. The van der Waals surface area contributed by atoms with E-state index in [2.05, 4.69) is 25.7 Å². The van der Waals surface area contributed by atoms with E-state index in [1.54, 1.807) is 48.1 Å². The van der Waals surface area contributed by atoms with E-state index < -0.39 is 0 Å². The van der Waals surface area contributed by atoms with E-state index in [1.807, 2.05) is 12.1 Å². The second kappa shape index (κ2) is 8.86. The predicted molar refractivity (Wildman–Crippen MR) is 115 cm³/mol. The van der Waals surface area contributed by atoms with Gasteiger partial charge in [0.05, 0.1) is 21.5 Å². The number of amides is 1. The highest BCUT2D eigenvalue weighted by Crippen LogP contribution is 2.31. The third-order valence-electron chi connectivity index (χ3n) is 3.94. The van der Waals surface area contributed by atoms with Gasteiger partial charge in [-0.3, -0.25) is 14.3 Å². The van der Waals surface area contributed by atoms with Gasteiger partial charge in [0.2, 0.25) is 5.91 Å². The fraction of sp³-hybridized carbons (Fsp3) is 0.105. The van der Waals surface area contributed by atoms with E-state index >= 15 is 0 Å². The van der Waals surface area contributed by atoms with Crippen molar-refractivity contribution in [3.8, 4) is 17.1 Å². The minimum atomic E-state index is -0.250. The van der Waals surface area contributed by atoms with Crippen LogP contribution < -0.4 is 5.32 Å². The fourth-order valence-electron chi connectivity index (χ4n) is 2.64. The molecule has 0 radical (unpaired) electrons.